The molecule has 1 unspecified atom stereocenters. The van der Waals surface area contributed by atoms with Gasteiger partial charge in [0.1, 0.15) is 6.54 Å². The van der Waals surface area contributed by atoms with Gasteiger partial charge in [0.25, 0.3) is 9.05 Å². The first-order chi connectivity index (χ1) is 13.5. The predicted molar refractivity (Wildman–Crippen MR) is 114 cm³/mol. The fourth-order valence-electron chi connectivity index (χ4n) is 3.67. The lowest BCUT2D eigenvalue weighted by Crippen LogP contribution is -2.42. The summed E-state index contributed by atoms with van der Waals surface area (Å²) in [5, 5.41) is 0. The average molecular weight is 457 g/mol. The number of carbonyl (C=O) groups is 1. The zero-order chi connectivity index (χ0) is 21.4. The van der Waals surface area contributed by atoms with Crippen molar-refractivity contribution in [2.24, 2.45) is 5.73 Å². The molecule has 6 nitrogen and oxygen atoms in total. The Kier molecular flexibility index (Phi) is 6.38. The maximum Gasteiger partial charge on any atom is 0.325 e. The largest absolute Gasteiger partial charge is 0.465 e. The van der Waals surface area contributed by atoms with Crippen molar-refractivity contribution in [3.63, 3.8) is 0 Å². The Bertz CT molecular complexity index is 1030. The molecule has 0 saturated carbocycles. The van der Waals surface area contributed by atoms with Crippen molar-refractivity contribution in [3.05, 3.63) is 41.2 Å². The van der Waals surface area contributed by atoms with Gasteiger partial charge in [-0.25, -0.2) is 8.42 Å². The van der Waals surface area contributed by atoms with E-state index in [4.69, 9.17) is 21.2 Å². The maximum absolute atomic E-state index is 12.1. The van der Waals surface area contributed by atoms with Crippen LogP contribution in [-0.2, 0) is 38.0 Å². The molecule has 0 bridgehead atoms. The monoisotopic (exact) mass is 456 g/mol. The van der Waals surface area contributed by atoms with Gasteiger partial charge in [-0.2, -0.15) is 0 Å². The van der Waals surface area contributed by atoms with Gasteiger partial charge in [-0.1, -0.05) is 11.8 Å². The molecule has 1 aliphatic rings. The minimum absolute atomic E-state index is 0.0664. The average Bonchev–Trinajstić information content (AvgIpc) is 2.86. The lowest BCUT2D eigenvalue weighted by Gasteiger charge is -2.30. The van der Waals surface area contributed by atoms with E-state index in [0.29, 0.717) is 6.61 Å². The Morgan fingerprint density at radius 3 is 2.59 bits per heavy atom. The molecule has 9 heteroatoms. The molecule has 0 spiro atoms. The number of aromatic nitrogens is 1. The number of nitrogens with two attached hydrogens (primary N) is 1. The van der Waals surface area contributed by atoms with Crippen molar-refractivity contribution in [2.75, 3.05) is 6.61 Å². The molecule has 1 atom stereocenters. The molecule has 1 aromatic heterocycles. The zero-order valence-electron chi connectivity index (χ0n) is 16.7. The van der Waals surface area contributed by atoms with Gasteiger partial charge in [-0.3, -0.25) is 4.79 Å². The summed E-state index contributed by atoms with van der Waals surface area (Å²) < 4.78 is 30.1. The van der Waals surface area contributed by atoms with E-state index < -0.39 is 9.05 Å². The molecule has 0 fully saturated rings. The Morgan fingerprint density at radius 2 is 2.00 bits per heavy atom. The van der Waals surface area contributed by atoms with Gasteiger partial charge in [0.2, 0.25) is 0 Å². The van der Waals surface area contributed by atoms with E-state index in [-0.39, 0.29) is 22.9 Å². The number of fused-ring (bicyclic) bond motifs is 1. The van der Waals surface area contributed by atoms with Crippen LogP contribution in [0.5, 0.6) is 0 Å². The van der Waals surface area contributed by atoms with E-state index >= 15 is 0 Å². The van der Waals surface area contributed by atoms with Crippen LogP contribution in [0.15, 0.2) is 39.0 Å². The van der Waals surface area contributed by atoms with Gasteiger partial charge in [-0.15, -0.1) is 0 Å². The minimum Gasteiger partial charge on any atom is -0.465 e. The van der Waals surface area contributed by atoms with Crippen molar-refractivity contribution in [2.45, 2.75) is 66.8 Å². The number of carbonyl (C=O) groups excluding carboxylic acids is 1. The van der Waals surface area contributed by atoms with Crippen molar-refractivity contribution in [3.8, 4) is 0 Å². The van der Waals surface area contributed by atoms with Crippen LogP contribution in [0.1, 0.15) is 37.2 Å². The zero-order valence-corrected chi connectivity index (χ0v) is 19.1. The summed E-state index contributed by atoms with van der Waals surface area (Å²) >= 11 is 1.54. The Morgan fingerprint density at radius 1 is 1.34 bits per heavy atom. The van der Waals surface area contributed by atoms with Crippen LogP contribution in [0.2, 0.25) is 0 Å². The summed E-state index contributed by atoms with van der Waals surface area (Å²) in [5.74, 6) is -0.261. The first-order valence-electron chi connectivity index (χ1n) is 9.40. The lowest BCUT2D eigenvalue weighted by molar-refractivity contribution is -0.143. The Hall–Kier alpha value is -1.48. The molecule has 2 aromatic rings. The highest BCUT2D eigenvalue weighted by atomic mass is 35.7. The number of ether oxygens (including phenoxy) is 1. The van der Waals surface area contributed by atoms with Crippen LogP contribution < -0.4 is 5.73 Å². The van der Waals surface area contributed by atoms with Gasteiger partial charge >= 0.3 is 5.97 Å². The summed E-state index contributed by atoms with van der Waals surface area (Å²) in [7, 11) is 1.65. The molecule has 0 aliphatic heterocycles. The highest BCUT2D eigenvalue weighted by Crippen LogP contribution is 2.41. The maximum atomic E-state index is 12.1. The smallest absolute Gasteiger partial charge is 0.325 e. The van der Waals surface area contributed by atoms with Crippen LogP contribution in [0.3, 0.4) is 0 Å². The second-order valence-corrected chi connectivity index (χ2v) is 11.2. The fourth-order valence-corrected chi connectivity index (χ4v) is 5.52. The Labute approximate surface area is 180 Å². The second-order valence-electron chi connectivity index (χ2n) is 7.57. The van der Waals surface area contributed by atoms with Crippen molar-refractivity contribution in [1.82, 2.24) is 4.57 Å². The lowest BCUT2D eigenvalue weighted by atomic mass is 9.83. The molecule has 2 N–H and O–H groups in total. The van der Waals surface area contributed by atoms with Crippen LogP contribution in [0.25, 0.3) is 0 Å². The van der Waals surface area contributed by atoms with Crippen LogP contribution in [0, 0.1) is 6.92 Å². The van der Waals surface area contributed by atoms with Gasteiger partial charge in [0.15, 0.2) is 0 Å². The molecule has 1 aromatic carbocycles. The van der Waals surface area contributed by atoms with Gasteiger partial charge < -0.3 is 15.0 Å². The summed E-state index contributed by atoms with van der Waals surface area (Å²) in [5.41, 5.74) is 9.40. The highest BCUT2D eigenvalue weighted by Gasteiger charge is 2.32. The number of rotatable bonds is 6. The van der Waals surface area contributed by atoms with Crippen molar-refractivity contribution >= 4 is 37.5 Å². The topological polar surface area (TPSA) is 91.4 Å². The normalized spacial score (nSPS) is 19.1. The van der Waals surface area contributed by atoms with Gasteiger partial charge in [0.05, 0.1) is 11.5 Å². The predicted octanol–water partition coefficient (Wildman–Crippen LogP) is 3.64. The van der Waals surface area contributed by atoms with Gasteiger partial charge in [-0.05, 0) is 69.9 Å². The molecule has 158 valence electrons. The number of hydrogen-bond donors (Lipinski definition) is 1. The molecule has 0 radical (unpaired) electrons. The molecule has 1 heterocycles. The van der Waals surface area contributed by atoms with Crippen LogP contribution in [-0.4, -0.2) is 31.1 Å². The number of nitrogens with zero attached hydrogens (tertiary/aromatic N) is 1. The molecule has 0 saturated heterocycles. The number of hydrogen-bond acceptors (Lipinski definition) is 6. The molecule has 29 heavy (non-hydrogen) atoms. The third-order valence-electron chi connectivity index (χ3n) is 5.11. The molecule has 0 amide bonds. The number of esters is 1. The van der Waals surface area contributed by atoms with E-state index in [1.54, 1.807) is 30.8 Å². The van der Waals surface area contributed by atoms with E-state index in [1.165, 1.54) is 12.1 Å². The molecule has 1 aliphatic carbocycles. The minimum atomic E-state index is -3.75. The summed E-state index contributed by atoms with van der Waals surface area (Å²) in [6, 6.07) is 6.46. The summed E-state index contributed by atoms with van der Waals surface area (Å²) in [6.45, 7) is 6.35. The third kappa shape index (κ3) is 4.99. The van der Waals surface area contributed by atoms with E-state index in [1.807, 2.05) is 18.4 Å². The highest BCUT2D eigenvalue weighted by molar-refractivity contribution is 8.13. The number of halogens is 1. The quantitative estimate of drug-likeness (QED) is 0.527. The van der Waals surface area contributed by atoms with E-state index in [2.05, 4.69) is 0 Å². The van der Waals surface area contributed by atoms with Crippen molar-refractivity contribution in [1.29, 1.82) is 0 Å². The summed E-state index contributed by atoms with van der Waals surface area (Å²) in [4.78, 5) is 14.1. The molecule has 3 rings (SSSR count). The first-order valence-corrected chi connectivity index (χ1v) is 12.5. The van der Waals surface area contributed by atoms with Crippen LogP contribution >= 0.6 is 22.4 Å². The molecular formula is C20H25ClN2O4S2. The third-order valence-corrected chi connectivity index (χ3v) is 7.74. The first kappa shape index (κ1) is 22.2. The second kappa shape index (κ2) is 8.34. The fraction of sp³-hybridized carbons (Fsp3) is 0.450. The van der Waals surface area contributed by atoms with E-state index in [0.717, 1.165) is 46.0 Å². The summed E-state index contributed by atoms with van der Waals surface area (Å²) in [6.07, 6.45) is 2.36. The number of benzene rings is 1. The Balaban J connectivity index is 1.99. The van der Waals surface area contributed by atoms with Gasteiger partial charge in [0, 0.05) is 37.4 Å². The van der Waals surface area contributed by atoms with Crippen LogP contribution in [0.4, 0.5) is 0 Å². The molecular weight excluding hydrogens is 432 g/mol. The SMILES string of the molecule is CCOC(=O)Cn1c(C)c(Sc2ccc(S(=O)(=O)Cl)cc2)c2c1CCC(C)(N)C2. The van der Waals surface area contributed by atoms with Crippen molar-refractivity contribution < 1.29 is 17.9 Å². The van der Waals surface area contributed by atoms with E-state index in [9.17, 15) is 13.2 Å². The standard InChI is InChI=1S/C20H25ClN2O4S2/c1-4-27-18(24)12-23-13(2)19(16-11-20(3,22)10-9-17(16)23)28-14-5-7-15(8-6-14)29(21,25)26/h5-8H,4,9-12,22H2,1-3H3.